The number of nitrogens with one attached hydrogen (secondary N) is 1. The number of sulfonamides is 1. The molecule has 1 aromatic carbocycles. The van der Waals surface area contributed by atoms with Crippen molar-refractivity contribution in [1.29, 1.82) is 0 Å². The molecule has 3 rings (SSSR count). The van der Waals surface area contributed by atoms with E-state index in [1.165, 1.54) is 0 Å². The second-order valence-electron chi connectivity index (χ2n) is 6.13. The first-order chi connectivity index (χ1) is 12.0. The van der Waals surface area contributed by atoms with Gasteiger partial charge < -0.3 is 14.0 Å². The van der Waals surface area contributed by atoms with Gasteiger partial charge >= 0.3 is 0 Å². The summed E-state index contributed by atoms with van der Waals surface area (Å²) in [5.74, 6) is 1.03. The summed E-state index contributed by atoms with van der Waals surface area (Å²) in [6, 6.07) is 7.80. The maximum Gasteiger partial charge on any atom is 0.208 e. The zero-order valence-electron chi connectivity index (χ0n) is 14.4. The number of hydrogen-bond acceptors (Lipinski definition) is 5. The molecule has 1 unspecified atom stereocenters. The molecule has 0 amide bonds. The van der Waals surface area contributed by atoms with Crippen LogP contribution >= 0.6 is 0 Å². The largest absolute Gasteiger partial charge is 0.497 e. The molecule has 1 aliphatic heterocycles. The number of benzene rings is 1. The van der Waals surface area contributed by atoms with E-state index in [9.17, 15) is 8.42 Å². The van der Waals surface area contributed by atoms with Crippen LogP contribution in [-0.4, -0.2) is 51.1 Å². The summed E-state index contributed by atoms with van der Waals surface area (Å²) in [5.41, 5.74) is 2.96. The molecule has 0 saturated carbocycles. The molecule has 1 fully saturated rings. The van der Waals surface area contributed by atoms with Crippen molar-refractivity contribution in [2.75, 3.05) is 33.1 Å². The van der Waals surface area contributed by atoms with Crippen LogP contribution in [0.25, 0.3) is 11.3 Å². The van der Waals surface area contributed by atoms with Crippen LogP contribution < -0.4 is 9.46 Å². The van der Waals surface area contributed by atoms with Crippen molar-refractivity contribution in [2.45, 2.75) is 18.9 Å². The summed E-state index contributed by atoms with van der Waals surface area (Å²) in [6.45, 7) is 2.24. The molecule has 0 bridgehead atoms. The summed E-state index contributed by atoms with van der Waals surface area (Å²) in [7, 11) is -1.57. The Hall–Kier alpha value is -1.90. The lowest BCUT2D eigenvalue weighted by molar-refractivity contribution is 0.193. The predicted octanol–water partition coefficient (Wildman–Crippen LogP) is 1.61. The molecule has 136 valence electrons. The highest BCUT2D eigenvalue weighted by Gasteiger charge is 2.26. The topological polar surface area (TPSA) is 82.5 Å². The molecule has 1 saturated heterocycles. The van der Waals surface area contributed by atoms with E-state index in [0.717, 1.165) is 42.0 Å². The fourth-order valence-corrected chi connectivity index (χ4v) is 3.55. The van der Waals surface area contributed by atoms with Gasteiger partial charge in [0.25, 0.3) is 0 Å². The van der Waals surface area contributed by atoms with Gasteiger partial charge in [-0.25, -0.2) is 18.1 Å². The summed E-state index contributed by atoms with van der Waals surface area (Å²) in [4.78, 5) is 4.60. The lowest BCUT2D eigenvalue weighted by Gasteiger charge is -2.15. The first-order valence-electron chi connectivity index (χ1n) is 8.20. The lowest BCUT2D eigenvalue weighted by atomic mass is 9.99. The first-order valence-corrected chi connectivity index (χ1v) is 10.1. The van der Waals surface area contributed by atoms with E-state index >= 15 is 0 Å². The zero-order chi connectivity index (χ0) is 17.9. The van der Waals surface area contributed by atoms with Crippen molar-refractivity contribution in [3.8, 4) is 17.0 Å². The Balaban J connectivity index is 1.92. The molecule has 1 N–H and O–H groups in total. The third-order valence-corrected chi connectivity index (χ3v) is 4.98. The van der Waals surface area contributed by atoms with Gasteiger partial charge in [0, 0.05) is 31.2 Å². The van der Waals surface area contributed by atoms with Crippen LogP contribution in [-0.2, 0) is 21.3 Å². The molecular weight excluding hydrogens is 342 g/mol. The number of ether oxygens (including phenoxy) is 2. The molecule has 0 aliphatic carbocycles. The summed E-state index contributed by atoms with van der Waals surface area (Å²) in [6.07, 6.45) is 3.86. The fourth-order valence-electron chi connectivity index (χ4n) is 3.09. The molecule has 0 spiro atoms. The number of hydrogen-bond donors (Lipinski definition) is 1. The molecule has 1 aliphatic rings. The standard InChI is InChI=1S/C17H23N3O4S/c1-23-15-5-3-4-13(10-15)16-17(14-6-9-24-11-14)20(12-18-16)8-7-19-25(2,21)22/h3-5,10,12,14,19H,6-9,11H2,1-2H3. The van der Waals surface area contributed by atoms with E-state index < -0.39 is 10.0 Å². The Morgan fingerprint density at radius 3 is 2.96 bits per heavy atom. The van der Waals surface area contributed by atoms with Crippen molar-refractivity contribution >= 4 is 10.0 Å². The van der Waals surface area contributed by atoms with E-state index in [4.69, 9.17) is 9.47 Å². The molecular formula is C17H23N3O4S. The Bertz CT molecular complexity index is 826. The van der Waals surface area contributed by atoms with E-state index in [0.29, 0.717) is 19.7 Å². The lowest BCUT2D eigenvalue weighted by Crippen LogP contribution is -2.26. The summed E-state index contributed by atoms with van der Waals surface area (Å²) in [5, 5.41) is 0. The van der Waals surface area contributed by atoms with Gasteiger partial charge in [-0.15, -0.1) is 0 Å². The van der Waals surface area contributed by atoms with Crippen molar-refractivity contribution in [3.63, 3.8) is 0 Å². The van der Waals surface area contributed by atoms with E-state index in [1.54, 1.807) is 13.4 Å². The number of methoxy groups -OCH3 is 1. The second kappa shape index (κ2) is 7.55. The third-order valence-electron chi connectivity index (χ3n) is 4.25. The van der Waals surface area contributed by atoms with Crippen molar-refractivity contribution in [1.82, 2.24) is 14.3 Å². The quantitative estimate of drug-likeness (QED) is 0.806. The molecule has 1 atom stereocenters. The highest BCUT2D eigenvalue weighted by atomic mass is 32.2. The van der Waals surface area contributed by atoms with E-state index in [-0.39, 0.29) is 5.92 Å². The molecule has 2 aromatic rings. The molecule has 1 aromatic heterocycles. The van der Waals surface area contributed by atoms with Gasteiger partial charge in [0.15, 0.2) is 0 Å². The van der Waals surface area contributed by atoms with Gasteiger partial charge in [-0.05, 0) is 18.6 Å². The second-order valence-corrected chi connectivity index (χ2v) is 7.96. The van der Waals surface area contributed by atoms with Crippen LogP contribution in [0.2, 0.25) is 0 Å². The minimum absolute atomic E-state index is 0.252. The summed E-state index contributed by atoms with van der Waals surface area (Å²) >= 11 is 0. The van der Waals surface area contributed by atoms with Crippen molar-refractivity contribution < 1.29 is 17.9 Å². The Kier molecular flexibility index (Phi) is 5.41. The Morgan fingerprint density at radius 1 is 1.44 bits per heavy atom. The van der Waals surface area contributed by atoms with Gasteiger partial charge in [0.2, 0.25) is 10.0 Å². The van der Waals surface area contributed by atoms with Gasteiger partial charge in [0.1, 0.15) is 5.75 Å². The summed E-state index contributed by atoms with van der Waals surface area (Å²) < 4.78 is 38.0. The van der Waals surface area contributed by atoms with Gasteiger partial charge in [-0.1, -0.05) is 12.1 Å². The number of nitrogens with zero attached hydrogens (tertiary/aromatic N) is 2. The average molecular weight is 365 g/mol. The van der Waals surface area contributed by atoms with Crippen LogP contribution in [0.5, 0.6) is 5.75 Å². The monoisotopic (exact) mass is 365 g/mol. The van der Waals surface area contributed by atoms with E-state index in [2.05, 4.69) is 9.71 Å². The normalized spacial score (nSPS) is 17.8. The van der Waals surface area contributed by atoms with Crippen molar-refractivity contribution in [2.24, 2.45) is 0 Å². The molecule has 8 heteroatoms. The van der Waals surface area contributed by atoms with Crippen molar-refractivity contribution in [3.05, 3.63) is 36.3 Å². The highest BCUT2D eigenvalue weighted by Crippen LogP contribution is 2.34. The number of imidazole rings is 1. The van der Waals surface area contributed by atoms with Crippen LogP contribution in [0.15, 0.2) is 30.6 Å². The molecule has 2 heterocycles. The average Bonchev–Trinajstić information content (AvgIpc) is 3.22. The smallest absolute Gasteiger partial charge is 0.208 e. The maximum atomic E-state index is 11.3. The maximum absolute atomic E-state index is 11.3. The molecule has 7 nitrogen and oxygen atoms in total. The van der Waals surface area contributed by atoms with Crippen LogP contribution in [0.1, 0.15) is 18.0 Å². The van der Waals surface area contributed by atoms with Crippen LogP contribution in [0, 0.1) is 0 Å². The fraction of sp³-hybridized carbons (Fsp3) is 0.471. The highest BCUT2D eigenvalue weighted by molar-refractivity contribution is 7.88. The minimum atomic E-state index is -3.21. The van der Waals surface area contributed by atoms with Crippen LogP contribution in [0.4, 0.5) is 0 Å². The SMILES string of the molecule is COc1cccc(-c2ncn(CCNS(C)(=O)=O)c2C2CCOC2)c1. The Labute approximate surface area is 148 Å². The number of rotatable bonds is 7. The van der Waals surface area contributed by atoms with Gasteiger partial charge in [-0.2, -0.15) is 0 Å². The van der Waals surface area contributed by atoms with Gasteiger partial charge in [-0.3, -0.25) is 0 Å². The minimum Gasteiger partial charge on any atom is -0.497 e. The molecule has 0 radical (unpaired) electrons. The predicted molar refractivity (Wildman–Crippen MR) is 95.2 cm³/mol. The third kappa shape index (κ3) is 4.39. The first kappa shape index (κ1) is 17.9. The Morgan fingerprint density at radius 2 is 2.28 bits per heavy atom. The van der Waals surface area contributed by atoms with E-state index in [1.807, 2.05) is 28.8 Å². The van der Waals surface area contributed by atoms with Crippen LogP contribution in [0.3, 0.4) is 0 Å². The molecule has 25 heavy (non-hydrogen) atoms. The van der Waals surface area contributed by atoms with Gasteiger partial charge in [0.05, 0.1) is 37.7 Å². The zero-order valence-corrected chi connectivity index (χ0v) is 15.3. The number of aromatic nitrogens is 2.